The van der Waals surface area contributed by atoms with Gasteiger partial charge in [-0.05, 0) is 114 Å². The van der Waals surface area contributed by atoms with Gasteiger partial charge in [-0.15, -0.1) is 0 Å². The molecule has 0 saturated carbocycles. The Morgan fingerprint density at radius 1 is 0.736 bits per heavy atom. The smallest absolute Gasteiger partial charge is 0.410 e. The maximum absolute atomic E-state index is 12.7. The average Bonchev–Trinajstić information content (AvgIpc) is 3.61. The number of amides is 1. The zero-order chi connectivity index (χ0) is 37.3. The van der Waals surface area contributed by atoms with Gasteiger partial charge in [0.2, 0.25) is 0 Å². The summed E-state index contributed by atoms with van der Waals surface area (Å²) in [7, 11) is 0. The maximum atomic E-state index is 12.7. The SMILES string of the molecule is Cc1ccc2c(c1)c1c(n2CCc2ccc(C)nc2)CCN(C(=O)OC(C)(C)C)C1.Cc1ccc2c(c1)c1c(n2CCc2ccc(C)nc2)CCNC1. The van der Waals surface area contributed by atoms with Crippen molar-refractivity contribution in [3.05, 3.63) is 129 Å². The summed E-state index contributed by atoms with van der Waals surface area (Å²) in [6.45, 7) is 19.4. The summed E-state index contributed by atoms with van der Waals surface area (Å²) in [6, 6.07) is 22.0. The Morgan fingerprint density at radius 3 is 1.81 bits per heavy atom. The van der Waals surface area contributed by atoms with Gasteiger partial charge in [0.05, 0.1) is 6.54 Å². The van der Waals surface area contributed by atoms with Crippen LogP contribution in [0.5, 0.6) is 0 Å². The minimum absolute atomic E-state index is 0.229. The minimum atomic E-state index is -0.482. The molecule has 8 rings (SSSR count). The molecule has 4 aromatic heterocycles. The lowest BCUT2D eigenvalue weighted by Crippen LogP contribution is -2.40. The molecule has 8 heteroatoms. The number of aromatic nitrogens is 4. The van der Waals surface area contributed by atoms with Gasteiger partial charge in [-0.25, -0.2) is 4.79 Å². The first kappa shape index (κ1) is 36.4. The van der Waals surface area contributed by atoms with Gasteiger partial charge in [-0.2, -0.15) is 0 Å². The monoisotopic (exact) mass is 710 g/mol. The van der Waals surface area contributed by atoms with Crippen LogP contribution in [0, 0.1) is 27.7 Å². The van der Waals surface area contributed by atoms with Crippen molar-refractivity contribution in [2.24, 2.45) is 0 Å². The molecule has 1 amide bonds. The van der Waals surface area contributed by atoms with Gasteiger partial charge >= 0.3 is 6.09 Å². The van der Waals surface area contributed by atoms with E-state index in [0.717, 1.165) is 63.3 Å². The molecule has 8 nitrogen and oxygen atoms in total. The summed E-state index contributed by atoms with van der Waals surface area (Å²) < 4.78 is 10.6. The second-order valence-corrected chi connectivity index (χ2v) is 15.9. The van der Waals surface area contributed by atoms with Crippen molar-refractivity contribution < 1.29 is 9.53 Å². The maximum Gasteiger partial charge on any atom is 0.410 e. The number of fused-ring (bicyclic) bond motifs is 6. The number of ether oxygens (including phenoxy) is 1. The number of rotatable bonds is 6. The molecule has 0 spiro atoms. The predicted octanol–water partition coefficient (Wildman–Crippen LogP) is 8.73. The fourth-order valence-electron chi connectivity index (χ4n) is 7.83. The predicted molar refractivity (Wildman–Crippen MR) is 214 cm³/mol. The lowest BCUT2D eigenvalue weighted by Gasteiger charge is -2.30. The van der Waals surface area contributed by atoms with Crippen molar-refractivity contribution >= 4 is 27.9 Å². The van der Waals surface area contributed by atoms with Crippen LogP contribution in [0.4, 0.5) is 4.79 Å². The van der Waals surface area contributed by atoms with Crippen LogP contribution < -0.4 is 5.32 Å². The van der Waals surface area contributed by atoms with Gasteiger partial charge in [0.25, 0.3) is 0 Å². The Bertz CT molecular complexity index is 2240. The zero-order valence-corrected chi connectivity index (χ0v) is 32.6. The van der Waals surface area contributed by atoms with Gasteiger partial charge in [0.1, 0.15) is 5.60 Å². The van der Waals surface area contributed by atoms with Crippen molar-refractivity contribution in [1.29, 1.82) is 0 Å². The lowest BCUT2D eigenvalue weighted by molar-refractivity contribution is 0.0223. The van der Waals surface area contributed by atoms with Crippen LogP contribution in [-0.4, -0.2) is 48.8 Å². The Labute approximate surface area is 314 Å². The van der Waals surface area contributed by atoms with Crippen molar-refractivity contribution in [2.75, 3.05) is 13.1 Å². The number of nitrogens with zero attached hydrogens (tertiary/aromatic N) is 5. The Hall–Kier alpha value is -4.95. The summed E-state index contributed by atoms with van der Waals surface area (Å²) >= 11 is 0. The van der Waals surface area contributed by atoms with Gasteiger partial charge in [0, 0.05) is 108 Å². The highest BCUT2D eigenvalue weighted by Crippen LogP contribution is 2.33. The lowest BCUT2D eigenvalue weighted by atomic mass is 10.0. The third-order valence-corrected chi connectivity index (χ3v) is 10.5. The zero-order valence-electron chi connectivity index (χ0n) is 32.6. The molecule has 1 N–H and O–H groups in total. The van der Waals surface area contributed by atoms with Crippen molar-refractivity contribution in [2.45, 2.75) is 106 Å². The Kier molecular flexibility index (Phi) is 10.4. The first-order valence-corrected chi connectivity index (χ1v) is 19.2. The van der Waals surface area contributed by atoms with Gasteiger partial charge in [0.15, 0.2) is 0 Å². The highest BCUT2D eigenvalue weighted by atomic mass is 16.6. The van der Waals surface area contributed by atoms with E-state index in [0.29, 0.717) is 13.1 Å². The van der Waals surface area contributed by atoms with E-state index in [9.17, 15) is 4.79 Å². The molecule has 0 saturated heterocycles. The largest absolute Gasteiger partial charge is 0.444 e. The Balaban J connectivity index is 0.000000170. The summed E-state index contributed by atoms with van der Waals surface area (Å²) in [5, 5.41) is 6.20. The molecular weight excluding hydrogens is 657 g/mol. The molecule has 6 heterocycles. The Morgan fingerprint density at radius 2 is 1.28 bits per heavy atom. The summed E-state index contributed by atoms with van der Waals surface area (Å²) in [4.78, 5) is 23.4. The van der Waals surface area contributed by atoms with E-state index < -0.39 is 5.60 Å². The molecule has 6 aromatic rings. The number of hydrogen-bond donors (Lipinski definition) is 1. The van der Waals surface area contributed by atoms with Crippen LogP contribution in [0.1, 0.15) is 76.9 Å². The van der Waals surface area contributed by atoms with Crippen molar-refractivity contribution in [3.8, 4) is 0 Å². The average molecular weight is 711 g/mol. The molecular formula is C45H54N6O2. The number of aryl methyl sites for hydroxylation is 8. The van der Waals surface area contributed by atoms with E-state index >= 15 is 0 Å². The molecule has 2 aliphatic rings. The first-order valence-electron chi connectivity index (χ1n) is 19.2. The quantitative estimate of drug-likeness (QED) is 0.187. The van der Waals surface area contributed by atoms with Crippen LogP contribution in [0.3, 0.4) is 0 Å². The van der Waals surface area contributed by atoms with E-state index in [1.165, 1.54) is 66.6 Å². The second kappa shape index (κ2) is 15.2. The van der Waals surface area contributed by atoms with E-state index in [-0.39, 0.29) is 6.09 Å². The van der Waals surface area contributed by atoms with Crippen LogP contribution in [0.25, 0.3) is 21.8 Å². The highest BCUT2D eigenvalue weighted by molar-refractivity contribution is 5.88. The number of carbonyl (C=O) groups excluding carboxylic acids is 1. The molecule has 0 atom stereocenters. The number of carbonyl (C=O) groups is 1. The van der Waals surface area contributed by atoms with Crippen molar-refractivity contribution in [1.82, 2.24) is 29.3 Å². The first-order chi connectivity index (χ1) is 25.4. The third-order valence-electron chi connectivity index (χ3n) is 10.5. The summed E-state index contributed by atoms with van der Waals surface area (Å²) in [5.41, 5.74) is 15.0. The van der Waals surface area contributed by atoms with E-state index in [1.807, 2.05) is 51.9 Å². The van der Waals surface area contributed by atoms with Crippen LogP contribution in [0.15, 0.2) is 73.1 Å². The number of benzene rings is 2. The van der Waals surface area contributed by atoms with Crippen LogP contribution >= 0.6 is 0 Å². The molecule has 0 unspecified atom stereocenters. The van der Waals surface area contributed by atoms with Gasteiger partial charge in [-0.3, -0.25) is 9.97 Å². The molecule has 53 heavy (non-hydrogen) atoms. The number of nitrogens with one attached hydrogen (secondary N) is 1. The van der Waals surface area contributed by atoms with Crippen LogP contribution in [0.2, 0.25) is 0 Å². The third kappa shape index (κ3) is 8.18. The molecule has 2 aromatic carbocycles. The van der Waals surface area contributed by atoms with E-state index in [1.54, 1.807) is 0 Å². The fraction of sp³-hybridized carbons (Fsp3) is 0.400. The van der Waals surface area contributed by atoms with Gasteiger partial charge < -0.3 is 24.1 Å². The van der Waals surface area contributed by atoms with E-state index in [4.69, 9.17) is 4.74 Å². The summed E-state index contributed by atoms with van der Waals surface area (Å²) in [6.07, 6.45) is 7.69. The second-order valence-electron chi connectivity index (χ2n) is 15.9. The molecule has 0 radical (unpaired) electrons. The normalized spacial score (nSPS) is 14.1. The number of hydrogen-bond acceptors (Lipinski definition) is 5. The van der Waals surface area contributed by atoms with Crippen molar-refractivity contribution in [3.63, 3.8) is 0 Å². The molecule has 2 aliphatic heterocycles. The standard InChI is InChI=1S/C25H31N3O2.C20H23N3/c1-17-6-9-22-20(14-17)21-16-27(24(29)30-25(3,4)5)12-11-23(21)28(22)13-10-19-8-7-18(2)26-15-19;1-14-3-6-19-17(11-14)18-13-21-9-7-20(18)23(19)10-8-16-5-4-15(2)22-12-16/h6-9,14-15H,10-13,16H2,1-5H3;3-6,11-12,21H,7-10,13H2,1-2H3. The molecule has 276 valence electrons. The fourth-order valence-corrected chi connectivity index (χ4v) is 7.83. The minimum Gasteiger partial charge on any atom is -0.444 e. The highest BCUT2D eigenvalue weighted by Gasteiger charge is 2.29. The molecule has 0 fully saturated rings. The summed E-state index contributed by atoms with van der Waals surface area (Å²) in [5.74, 6) is 0. The van der Waals surface area contributed by atoms with Gasteiger partial charge in [-0.1, -0.05) is 35.4 Å². The topological polar surface area (TPSA) is 77.2 Å². The molecule has 0 bridgehead atoms. The number of pyridine rings is 2. The van der Waals surface area contributed by atoms with E-state index in [2.05, 4.69) is 98.9 Å². The van der Waals surface area contributed by atoms with Crippen LogP contribution in [-0.2, 0) is 56.6 Å². The molecule has 0 aliphatic carbocycles.